The molecule has 1 fully saturated rings. The zero-order chi connectivity index (χ0) is 36.0. The fourth-order valence-corrected chi connectivity index (χ4v) is 8.46. The van der Waals surface area contributed by atoms with Gasteiger partial charge in [0.2, 0.25) is 0 Å². The Bertz CT molecular complexity index is 2700. The molecule has 3 N–H and O–H groups in total. The Balaban J connectivity index is 1.07. The average Bonchev–Trinajstić information content (AvgIpc) is 3.26. The summed E-state index contributed by atoms with van der Waals surface area (Å²) in [5.41, 5.74) is 12.1. The molecule has 5 heteroatoms. The summed E-state index contributed by atoms with van der Waals surface area (Å²) < 4.78 is 0. The van der Waals surface area contributed by atoms with Crippen molar-refractivity contribution in [3.05, 3.63) is 196 Å². The van der Waals surface area contributed by atoms with Crippen LogP contribution in [0.3, 0.4) is 0 Å². The lowest BCUT2D eigenvalue weighted by molar-refractivity contribution is -0.740. The minimum Gasteiger partial charge on any atom is -0.587 e. The van der Waals surface area contributed by atoms with E-state index in [9.17, 15) is 5.26 Å². The third-order valence-electron chi connectivity index (χ3n) is 11.1. The van der Waals surface area contributed by atoms with E-state index >= 15 is 0 Å². The number of benzene rings is 7. The van der Waals surface area contributed by atoms with Gasteiger partial charge in [-0.05, 0) is 75.8 Å². The largest absolute Gasteiger partial charge is 0.587 e. The maximum absolute atomic E-state index is 9.55. The maximum atomic E-state index is 9.55. The molecule has 7 aromatic carbocycles. The molecule has 3 atom stereocenters. The highest BCUT2D eigenvalue weighted by atomic mass is 15.4. The molecule has 1 aromatic heterocycles. The fourth-order valence-electron chi connectivity index (χ4n) is 8.46. The fraction of sp³-hybridized carbons (Fsp3) is 0.102. The Kier molecular flexibility index (Phi) is 8.08. The van der Waals surface area contributed by atoms with E-state index in [4.69, 9.17) is 10.3 Å². The molecular weight excluding hydrogens is 659 g/mol. The highest BCUT2D eigenvalue weighted by Gasteiger charge is 2.26. The van der Waals surface area contributed by atoms with Crippen LogP contribution in [-0.4, -0.2) is 4.98 Å². The van der Waals surface area contributed by atoms with Gasteiger partial charge >= 0.3 is 0 Å². The molecule has 0 saturated carbocycles. The molecule has 0 radical (unpaired) electrons. The molecular formula is C49H37N5. The van der Waals surface area contributed by atoms with Crippen LogP contribution in [0, 0.1) is 11.3 Å². The third kappa shape index (κ3) is 5.65. The van der Waals surface area contributed by atoms with Gasteiger partial charge < -0.3 is 10.6 Å². The summed E-state index contributed by atoms with van der Waals surface area (Å²) in [4.78, 5) is 5.45. The number of fused-ring (bicyclic) bond motifs is 8. The van der Waals surface area contributed by atoms with Gasteiger partial charge in [-0.3, -0.25) is 5.32 Å². The van der Waals surface area contributed by atoms with Crippen molar-refractivity contribution in [1.82, 2.24) is 10.3 Å². The minimum atomic E-state index is -0.115. The summed E-state index contributed by atoms with van der Waals surface area (Å²) in [6.07, 6.45) is 6.56. The summed E-state index contributed by atoms with van der Waals surface area (Å²) in [6.45, 7) is 0. The van der Waals surface area contributed by atoms with Crippen molar-refractivity contribution >= 4 is 38.5 Å². The number of nitrogens with two attached hydrogens (primary N) is 1. The first-order chi connectivity index (χ1) is 26.7. The van der Waals surface area contributed by atoms with Gasteiger partial charge in [-0.1, -0.05) is 151 Å². The molecule has 1 aliphatic heterocycles. The van der Waals surface area contributed by atoms with E-state index in [-0.39, 0.29) is 18.5 Å². The van der Waals surface area contributed by atoms with Crippen molar-refractivity contribution in [2.45, 2.75) is 31.3 Å². The first-order valence-corrected chi connectivity index (χ1v) is 18.7. The number of rotatable bonds is 5. The molecule has 0 amide bonds. The average molecular weight is 696 g/mol. The van der Waals surface area contributed by atoms with Crippen molar-refractivity contribution in [1.29, 1.82) is 5.26 Å². The molecule has 3 unspecified atom stereocenters. The molecule has 1 aliphatic carbocycles. The lowest BCUT2D eigenvalue weighted by atomic mass is 9.84. The highest BCUT2D eigenvalue weighted by molar-refractivity contribution is 6.25. The maximum Gasteiger partial charge on any atom is 0.164 e. The van der Waals surface area contributed by atoms with Crippen molar-refractivity contribution in [3.8, 4) is 28.5 Å². The van der Waals surface area contributed by atoms with Crippen molar-refractivity contribution in [3.63, 3.8) is 0 Å². The molecule has 8 aromatic rings. The van der Waals surface area contributed by atoms with E-state index in [0.717, 1.165) is 57.1 Å². The highest BCUT2D eigenvalue weighted by Crippen LogP contribution is 2.44. The number of hydrogen-bond acceptors (Lipinski definition) is 3. The van der Waals surface area contributed by atoms with Gasteiger partial charge in [0, 0.05) is 33.5 Å². The second-order valence-electron chi connectivity index (χ2n) is 14.3. The van der Waals surface area contributed by atoms with Crippen LogP contribution in [0.4, 0.5) is 0 Å². The Morgan fingerprint density at radius 2 is 1.33 bits per heavy atom. The van der Waals surface area contributed by atoms with Gasteiger partial charge in [-0.15, -0.1) is 0 Å². The van der Waals surface area contributed by atoms with E-state index in [1.807, 2.05) is 24.3 Å². The van der Waals surface area contributed by atoms with Crippen molar-refractivity contribution < 1.29 is 5.32 Å². The number of aromatic nitrogens is 1. The van der Waals surface area contributed by atoms with Crippen molar-refractivity contribution in [2.75, 3.05) is 0 Å². The van der Waals surface area contributed by atoms with Gasteiger partial charge in [0.15, 0.2) is 6.17 Å². The first kappa shape index (κ1) is 32.2. The summed E-state index contributed by atoms with van der Waals surface area (Å²) in [5, 5.41) is 26.9. The third-order valence-corrected chi connectivity index (χ3v) is 11.1. The van der Waals surface area contributed by atoms with E-state index in [0.29, 0.717) is 5.56 Å². The molecule has 1 saturated heterocycles. The topological polar surface area (TPSA) is 79.4 Å². The number of nitrogens with zero attached hydrogens (tertiary/aromatic N) is 3. The van der Waals surface area contributed by atoms with Crippen LogP contribution in [-0.2, 0) is 6.42 Å². The quantitative estimate of drug-likeness (QED) is 0.176. The summed E-state index contributed by atoms with van der Waals surface area (Å²) in [7, 11) is 0. The van der Waals surface area contributed by atoms with Gasteiger partial charge in [-0.25, -0.2) is 4.98 Å². The summed E-state index contributed by atoms with van der Waals surface area (Å²) >= 11 is 0. The standard InChI is InChI=1S/C49H36N5/c50-30-31-19-21-33(22-20-31)46-45-41-18-10-8-16-39(41)38-15-7-9-17-40(38)44(45)42-28-27-37(29-43(42)51-46)32-23-25-36(26-24-32)49-53-47(34-11-3-1-4-12-34)52-48(54-49)35-13-5-2-6-14-35/h1-6,8-14,16-29,47-49,53-54H,7,15H2/q-1/p+1. The number of quaternary nitrogens is 1. The Labute approximate surface area is 314 Å². The molecule has 5 nitrogen and oxygen atoms in total. The van der Waals surface area contributed by atoms with E-state index < -0.39 is 0 Å². The Morgan fingerprint density at radius 1 is 0.648 bits per heavy atom. The minimum absolute atomic E-state index is 0.0215. The smallest absolute Gasteiger partial charge is 0.164 e. The van der Waals surface area contributed by atoms with Gasteiger partial charge in [-0.2, -0.15) is 5.26 Å². The number of nitriles is 1. The van der Waals surface area contributed by atoms with Crippen LogP contribution in [0.15, 0.2) is 158 Å². The van der Waals surface area contributed by atoms with Crippen LogP contribution in [0.2, 0.25) is 0 Å². The first-order valence-electron chi connectivity index (χ1n) is 18.7. The normalized spacial score (nSPS) is 18.1. The lowest BCUT2D eigenvalue weighted by Gasteiger charge is -2.47. The number of pyridine rings is 1. The molecule has 258 valence electrons. The lowest BCUT2D eigenvalue weighted by Crippen LogP contribution is -2.91. The Hall–Kier alpha value is -6.42. The second kappa shape index (κ2) is 13.5. The Morgan fingerprint density at radius 3 is 2.09 bits per heavy atom. The van der Waals surface area contributed by atoms with E-state index in [2.05, 4.69) is 156 Å². The second-order valence-corrected chi connectivity index (χ2v) is 14.3. The van der Waals surface area contributed by atoms with Gasteiger partial charge in [0.25, 0.3) is 0 Å². The SMILES string of the molecule is N#Cc1ccc(-c2nc3cc(-c4ccc(C5NC(c6ccccc6)[N-]C(c6ccccc6)[NH2+]5)cc4)ccc3c3c4c(c5ccccc5c23)CCC=C4)cc1. The number of hydrogen-bond donors (Lipinski definition) is 2. The monoisotopic (exact) mass is 695 g/mol. The van der Waals surface area contributed by atoms with E-state index in [1.54, 1.807) is 0 Å². The molecule has 54 heavy (non-hydrogen) atoms. The van der Waals surface area contributed by atoms with Crippen LogP contribution in [0.25, 0.3) is 66.2 Å². The zero-order valence-corrected chi connectivity index (χ0v) is 29.7. The van der Waals surface area contributed by atoms with Gasteiger partial charge in [0.05, 0.1) is 22.8 Å². The molecule has 2 heterocycles. The van der Waals surface area contributed by atoms with Crippen LogP contribution >= 0.6 is 0 Å². The molecule has 0 spiro atoms. The molecule has 0 bridgehead atoms. The predicted octanol–water partition coefficient (Wildman–Crippen LogP) is 10.6. The van der Waals surface area contributed by atoms with Crippen LogP contribution < -0.4 is 10.6 Å². The summed E-state index contributed by atoms with van der Waals surface area (Å²) in [5.74, 6) is 0. The van der Waals surface area contributed by atoms with Gasteiger partial charge in [0.1, 0.15) is 0 Å². The summed E-state index contributed by atoms with van der Waals surface area (Å²) in [6, 6.07) is 55.6. The number of allylic oxidation sites excluding steroid dienone is 1. The van der Waals surface area contributed by atoms with Crippen LogP contribution in [0.5, 0.6) is 0 Å². The predicted molar refractivity (Wildman–Crippen MR) is 219 cm³/mol. The number of aryl methyl sites for hydroxylation is 1. The molecule has 10 rings (SSSR count). The number of nitrogens with one attached hydrogen (secondary N) is 1. The van der Waals surface area contributed by atoms with Crippen molar-refractivity contribution in [2.24, 2.45) is 0 Å². The van der Waals surface area contributed by atoms with Crippen LogP contribution in [0.1, 0.15) is 58.3 Å². The van der Waals surface area contributed by atoms with E-state index in [1.165, 1.54) is 38.4 Å². The molecule has 2 aliphatic rings. The zero-order valence-electron chi connectivity index (χ0n) is 29.7.